The molecule has 0 aliphatic carbocycles. The molecule has 0 rings (SSSR count). The Hall–Kier alpha value is -0.360. The van der Waals surface area contributed by atoms with E-state index in [2.05, 4.69) is 12.2 Å². The third kappa shape index (κ3) is 8.91. The zero-order valence-corrected chi connectivity index (χ0v) is 11.3. The summed E-state index contributed by atoms with van der Waals surface area (Å²) in [6.07, 6.45) is 1.08. The van der Waals surface area contributed by atoms with Gasteiger partial charge in [-0.1, -0.05) is 6.92 Å². The molecule has 0 aromatic heterocycles. The Bertz CT molecular complexity index is 224. The lowest BCUT2D eigenvalue weighted by Gasteiger charge is -2.12. The van der Waals surface area contributed by atoms with Gasteiger partial charge in [-0.15, -0.1) is 0 Å². The van der Waals surface area contributed by atoms with Crippen molar-refractivity contribution in [3.8, 4) is 0 Å². The van der Waals surface area contributed by atoms with Crippen LogP contribution in [0.3, 0.4) is 0 Å². The molecule has 4 nitrogen and oxygen atoms in total. The molecule has 0 spiro atoms. The Morgan fingerprint density at radius 2 is 1.94 bits per heavy atom. The maximum atomic E-state index is 10.8. The second-order valence-electron chi connectivity index (χ2n) is 3.22. The molecule has 0 radical (unpaired) electrons. The van der Waals surface area contributed by atoms with Crippen LogP contribution < -0.4 is 5.32 Å². The predicted molar refractivity (Wildman–Crippen MR) is 70.2 cm³/mol. The van der Waals surface area contributed by atoms with Gasteiger partial charge in [-0.25, -0.2) is 4.79 Å². The lowest BCUT2D eigenvalue weighted by Crippen LogP contribution is -2.41. The highest BCUT2D eigenvalue weighted by Gasteiger charge is 2.17. The van der Waals surface area contributed by atoms with Gasteiger partial charge in [0.05, 0.1) is 0 Å². The average molecular weight is 265 g/mol. The number of carbonyl (C=O) groups is 2. The van der Waals surface area contributed by atoms with Gasteiger partial charge in [0.25, 0.3) is 0 Å². The van der Waals surface area contributed by atoms with Crippen LogP contribution in [-0.2, 0) is 9.59 Å². The molecule has 0 aliphatic heterocycles. The zero-order valence-electron chi connectivity index (χ0n) is 9.69. The van der Waals surface area contributed by atoms with Crippen molar-refractivity contribution in [1.82, 2.24) is 5.32 Å². The van der Waals surface area contributed by atoms with Crippen LogP contribution in [0.2, 0.25) is 0 Å². The fourth-order valence-electron chi connectivity index (χ4n) is 1.03. The van der Waals surface area contributed by atoms with Gasteiger partial charge in [0.2, 0.25) is 5.91 Å². The van der Waals surface area contributed by atoms with Crippen molar-refractivity contribution in [1.29, 1.82) is 0 Å². The summed E-state index contributed by atoms with van der Waals surface area (Å²) in [5, 5.41) is 11.2. The second-order valence-corrected chi connectivity index (χ2v) is 5.76. The van der Waals surface area contributed by atoms with Crippen molar-refractivity contribution >= 4 is 35.4 Å². The largest absolute Gasteiger partial charge is 0.480 e. The minimum Gasteiger partial charge on any atom is -0.480 e. The number of amides is 1. The van der Waals surface area contributed by atoms with E-state index in [1.165, 1.54) is 6.92 Å². The highest BCUT2D eigenvalue weighted by atomic mass is 32.2. The van der Waals surface area contributed by atoms with Crippen LogP contribution in [0.1, 0.15) is 20.3 Å². The van der Waals surface area contributed by atoms with E-state index in [-0.39, 0.29) is 5.91 Å². The number of carbonyl (C=O) groups excluding carboxylic acids is 1. The van der Waals surface area contributed by atoms with Gasteiger partial charge < -0.3 is 10.4 Å². The number of hydrogen-bond donors (Lipinski definition) is 2. The van der Waals surface area contributed by atoms with Gasteiger partial charge in [0.15, 0.2) is 0 Å². The predicted octanol–water partition coefficient (Wildman–Crippen LogP) is 1.45. The van der Waals surface area contributed by atoms with Gasteiger partial charge in [-0.2, -0.15) is 23.5 Å². The number of hydrogen-bond acceptors (Lipinski definition) is 4. The molecular formula is C10H19NO3S2. The van der Waals surface area contributed by atoms with E-state index in [1.807, 2.05) is 11.8 Å². The van der Waals surface area contributed by atoms with Crippen LogP contribution in [0.4, 0.5) is 0 Å². The first-order valence-corrected chi connectivity index (χ1v) is 7.54. The fourth-order valence-corrected chi connectivity index (χ4v) is 2.83. The van der Waals surface area contributed by atoms with Crippen molar-refractivity contribution in [2.75, 3.05) is 23.0 Å². The Kier molecular flexibility index (Phi) is 9.62. The van der Waals surface area contributed by atoms with Crippen LogP contribution >= 0.6 is 23.5 Å². The maximum Gasteiger partial charge on any atom is 0.327 e. The Balaban J connectivity index is 3.60. The van der Waals surface area contributed by atoms with Crippen molar-refractivity contribution in [3.05, 3.63) is 0 Å². The Labute approximate surface area is 105 Å². The fraction of sp³-hybridized carbons (Fsp3) is 0.800. The maximum absolute atomic E-state index is 10.8. The Morgan fingerprint density at radius 3 is 2.44 bits per heavy atom. The van der Waals surface area contributed by atoms with E-state index in [4.69, 9.17) is 5.11 Å². The molecule has 0 aromatic carbocycles. The van der Waals surface area contributed by atoms with Crippen molar-refractivity contribution in [2.45, 2.75) is 26.3 Å². The first-order chi connectivity index (χ1) is 7.57. The van der Waals surface area contributed by atoms with Crippen molar-refractivity contribution in [2.24, 2.45) is 0 Å². The molecule has 16 heavy (non-hydrogen) atoms. The highest BCUT2D eigenvalue weighted by molar-refractivity contribution is 8.00. The van der Waals surface area contributed by atoms with Crippen LogP contribution in [0.25, 0.3) is 0 Å². The van der Waals surface area contributed by atoms with Gasteiger partial charge >= 0.3 is 5.97 Å². The molecule has 1 atom stereocenters. The molecule has 0 fully saturated rings. The molecule has 0 unspecified atom stereocenters. The normalized spacial score (nSPS) is 12.1. The van der Waals surface area contributed by atoms with E-state index in [1.54, 1.807) is 11.8 Å². The highest BCUT2D eigenvalue weighted by Crippen LogP contribution is 2.09. The van der Waals surface area contributed by atoms with E-state index in [0.717, 1.165) is 23.7 Å². The molecular weight excluding hydrogens is 246 g/mol. The third-order valence-electron chi connectivity index (χ3n) is 1.74. The molecule has 2 N–H and O–H groups in total. The number of nitrogens with one attached hydrogen (secondary N) is 1. The quantitative estimate of drug-likeness (QED) is 0.618. The van der Waals surface area contributed by atoms with Crippen LogP contribution in [0.5, 0.6) is 0 Å². The minimum atomic E-state index is -0.967. The van der Waals surface area contributed by atoms with Gasteiger partial charge in [0, 0.05) is 12.7 Å². The standard InChI is InChI=1S/C10H19NO3S2/c1-3-15-5-4-6-16-7-9(10(13)14)11-8(2)12/h9H,3-7H2,1-2H3,(H,11,12)(H,13,14)/t9-/m0/s1. The molecule has 0 saturated carbocycles. The number of thioether (sulfide) groups is 2. The van der Waals surface area contributed by atoms with E-state index < -0.39 is 12.0 Å². The summed E-state index contributed by atoms with van der Waals surface area (Å²) in [7, 11) is 0. The minimum absolute atomic E-state index is 0.297. The molecule has 0 aliphatic rings. The van der Waals surface area contributed by atoms with E-state index in [9.17, 15) is 9.59 Å². The number of rotatable bonds is 9. The first-order valence-electron chi connectivity index (χ1n) is 5.23. The van der Waals surface area contributed by atoms with Crippen molar-refractivity contribution in [3.63, 3.8) is 0 Å². The summed E-state index contributed by atoms with van der Waals surface area (Å²) in [6.45, 7) is 3.45. The first kappa shape index (κ1) is 15.6. The number of aliphatic carboxylic acids is 1. The zero-order chi connectivity index (χ0) is 12.4. The summed E-state index contributed by atoms with van der Waals surface area (Å²) < 4.78 is 0. The SMILES string of the molecule is CCSCCCSC[C@H](NC(C)=O)C(=O)O. The van der Waals surface area contributed by atoms with E-state index in [0.29, 0.717) is 5.75 Å². The number of carboxylic acids is 1. The summed E-state index contributed by atoms with van der Waals surface area (Å²) in [5.74, 6) is 2.35. The molecule has 1 amide bonds. The van der Waals surface area contributed by atoms with Crippen LogP contribution in [-0.4, -0.2) is 46.0 Å². The third-order valence-corrected chi connectivity index (χ3v) is 3.87. The molecule has 6 heteroatoms. The monoisotopic (exact) mass is 265 g/mol. The summed E-state index contributed by atoms with van der Waals surface area (Å²) in [5.41, 5.74) is 0. The van der Waals surface area contributed by atoms with Gasteiger partial charge in [-0.05, 0) is 23.7 Å². The molecule has 0 bridgehead atoms. The van der Waals surface area contributed by atoms with Crippen LogP contribution in [0, 0.1) is 0 Å². The molecule has 0 saturated heterocycles. The Morgan fingerprint density at radius 1 is 1.31 bits per heavy atom. The molecule has 0 heterocycles. The smallest absolute Gasteiger partial charge is 0.327 e. The topological polar surface area (TPSA) is 66.4 Å². The molecule has 94 valence electrons. The number of carboxylic acid groups (broad SMARTS) is 1. The average Bonchev–Trinajstić information content (AvgIpc) is 2.20. The summed E-state index contributed by atoms with van der Waals surface area (Å²) in [6, 6.07) is -0.763. The summed E-state index contributed by atoms with van der Waals surface area (Å²) >= 11 is 3.46. The van der Waals surface area contributed by atoms with E-state index >= 15 is 0 Å². The van der Waals surface area contributed by atoms with Gasteiger partial charge in [-0.3, -0.25) is 4.79 Å². The van der Waals surface area contributed by atoms with Crippen molar-refractivity contribution < 1.29 is 14.7 Å². The lowest BCUT2D eigenvalue weighted by atomic mass is 10.3. The van der Waals surface area contributed by atoms with Crippen LogP contribution in [0.15, 0.2) is 0 Å². The molecule has 0 aromatic rings. The lowest BCUT2D eigenvalue weighted by molar-refractivity contribution is -0.140. The second kappa shape index (κ2) is 9.84. The van der Waals surface area contributed by atoms with Gasteiger partial charge in [0.1, 0.15) is 6.04 Å². The summed E-state index contributed by atoms with van der Waals surface area (Å²) in [4.78, 5) is 21.5.